The lowest BCUT2D eigenvalue weighted by molar-refractivity contribution is -0.384. The topological polar surface area (TPSA) is 144 Å². The number of aromatic amines is 1. The SMILES string of the molecule is CCCc1[nH]nc2c1C(c1ccc(-c3cc(Cl)ccc3[N+](=O)[O-])o1)C(C#N)=C(N)O2. The number of nitrogens with zero attached hydrogens (tertiary/aromatic N) is 3. The van der Waals surface area contributed by atoms with E-state index < -0.39 is 10.8 Å². The van der Waals surface area contributed by atoms with E-state index in [9.17, 15) is 15.4 Å². The van der Waals surface area contributed by atoms with E-state index in [2.05, 4.69) is 16.3 Å². The van der Waals surface area contributed by atoms with Gasteiger partial charge in [0.1, 0.15) is 23.2 Å². The highest BCUT2D eigenvalue weighted by atomic mass is 35.5. The number of H-pyrrole nitrogens is 1. The van der Waals surface area contributed by atoms with Crippen LogP contribution in [0.15, 0.2) is 46.2 Å². The number of fused-ring (bicyclic) bond motifs is 1. The minimum absolute atomic E-state index is 0.0590. The van der Waals surface area contributed by atoms with Crippen molar-refractivity contribution in [1.29, 1.82) is 5.26 Å². The van der Waals surface area contributed by atoms with Crippen molar-refractivity contribution < 1.29 is 14.1 Å². The number of furan rings is 1. The summed E-state index contributed by atoms with van der Waals surface area (Å²) in [5.74, 6) is 0.222. The molecule has 3 aromatic rings. The van der Waals surface area contributed by atoms with Crippen molar-refractivity contribution in [3.8, 4) is 23.3 Å². The van der Waals surface area contributed by atoms with E-state index in [0.717, 1.165) is 12.1 Å². The summed E-state index contributed by atoms with van der Waals surface area (Å²) in [7, 11) is 0. The van der Waals surface area contributed by atoms with Gasteiger partial charge in [0.2, 0.25) is 11.8 Å². The van der Waals surface area contributed by atoms with Crippen molar-refractivity contribution in [2.24, 2.45) is 5.73 Å². The van der Waals surface area contributed by atoms with Gasteiger partial charge in [-0.15, -0.1) is 5.10 Å². The van der Waals surface area contributed by atoms with E-state index in [0.29, 0.717) is 22.8 Å². The maximum atomic E-state index is 11.4. The number of halogens is 1. The van der Waals surface area contributed by atoms with Gasteiger partial charge in [0.15, 0.2) is 0 Å². The Morgan fingerprint density at radius 2 is 2.20 bits per heavy atom. The lowest BCUT2D eigenvalue weighted by Gasteiger charge is -2.22. The van der Waals surface area contributed by atoms with Crippen LogP contribution < -0.4 is 10.5 Å². The van der Waals surface area contributed by atoms with Crippen molar-refractivity contribution >= 4 is 17.3 Å². The molecular weight excluding hydrogens is 410 g/mol. The highest BCUT2D eigenvalue weighted by Crippen LogP contribution is 2.45. The molecule has 1 atom stereocenters. The lowest BCUT2D eigenvalue weighted by Crippen LogP contribution is -2.21. The number of hydrogen-bond donors (Lipinski definition) is 2. The van der Waals surface area contributed by atoms with Crippen molar-refractivity contribution in [2.45, 2.75) is 25.7 Å². The van der Waals surface area contributed by atoms with Crippen LogP contribution in [0.5, 0.6) is 5.88 Å². The van der Waals surface area contributed by atoms with Gasteiger partial charge in [-0.1, -0.05) is 24.9 Å². The van der Waals surface area contributed by atoms with Gasteiger partial charge in [-0.25, -0.2) is 0 Å². The molecule has 0 radical (unpaired) electrons. The van der Waals surface area contributed by atoms with Crippen LogP contribution in [0.3, 0.4) is 0 Å². The number of aryl methyl sites for hydroxylation is 1. The highest BCUT2D eigenvalue weighted by molar-refractivity contribution is 6.31. The fraction of sp³-hybridized carbons (Fsp3) is 0.200. The number of nitro benzene ring substituents is 1. The lowest BCUT2D eigenvalue weighted by atomic mass is 9.87. The first-order valence-electron chi connectivity index (χ1n) is 9.13. The summed E-state index contributed by atoms with van der Waals surface area (Å²) < 4.78 is 11.5. The van der Waals surface area contributed by atoms with Crippen LogP contribution in [0.25, 0.3) is 11.3 Å². The Kier molecular flexibility index (Phi) is 4.93. The predicted octanol–water partition coefficient (Wildman–Crippen LogP) is 4.40. The molecule has 30 heavy (non-hydrogen) atoms. The minimum Gasteiger partial charge on any atom is -0.460 e. The van der Waals surface area contributed by atoms with Crippen molar-refractivity contribution in [1.82, 2.24) is 10.2 Å². The second kappa shape index (κ2) is 7.57. The third kappa shape index (κ3) is 3.17. The molecule has 0 amide bonds. The average Bonchev–Trinajstić information content (AvgIpc) is 3.34. The smallest absolute Gasteiger partial charge is 0.280 e. The standard InChI is InChI=1S/C20H16ClN5O4/c1-2-3-13-18-17(12(9-22)19(23)30-20(18)25-24-13)16-7-6-15(29-16)11-8-10(21)4-5-14(11)26(27)28/h4-8,17H,2-3,23H2,1H3,(H,24,25). The second-order valence-corrected chi connectivity index (χ2v) is 7.15. The number of aromatic nitrogens is 2. The van der Waals surface area contributed by atoms with Gasteiger partial charge >= 0.3 is 0 Å². The largest absolute Gasteiger partial charge is 0.460 e. The predicted molar refractivity (Wildman–Crippen MR) is 108 cm³/mol. The summed E-state index contributed by atoms with van der Waals surface area (Å²) in [6, 6.07) is 9.58. The maximum absolute atomic E-state index is 11.4. The minimum atomic E-state index is -0.647. The third-order valence-corrected chi connectivity index (χ3v) is 5.08. The summed E-state index contributed by atoms with van der Waals surface area (Å²) in [5, 5.41) is 28.6. The van der Waals surface area contributed by atoms with Gasteiger partial charge in [-0.05, 0) is 30.7 Å². The van der Waals surface area contributed by atoms with Gasteiger partial charge in [0.25, 0.3) is 5.69 Å². The first-order valence-corrected chi connectivity index (χ1v) is 9.51. The zero-order valence-electron chi connectivity index (χ0n) is 15.8. The van der Waals surface area contributed by atoms with E-state index >= 15 is 0 Å². The molecule has 3 N–H and O–H groups in total. The fourth-order valence-corrected chi connectivity index (χ4v) is 3.72. The molecule has 1 unspecified atom stereocenters. The Hall–Kier alpha value is -3.77. The van der Waals surface area contributed by atoms with Gasteiger partial charge in [-0.3, -0.25) is 15.2 Å². The Bertz CT molecular complexity index is 1220. The molecular formula is C20H16ClN5O4. The van der Waals surface area contributed by atoms with E-state index in [1.807, 2.05) is 6.92 Å². The molecule has 10 heteroatoms. The van der Waals surface area contributed by atoms with Gasteiger partial charge < -0.3 is 14.9 Å². The molecule has 0 saturated heterocycles. The Morgan fingerprint density at radius 3 is 2.90 bits per heavy atom. The van der Waals surface area contributed by atoms with Crippen LogP contribution in [0.2, 0.25) is 5.02 Å². The maximum Gasteiger partial charge on any atom is 0.280 e. The first-order chi connectivity index (χ1) is 14.4. The number of nitrogens with one attached hydrogen (secondary N) is 1. The van der Waals surface area contributed by atoms with Crippen molar-refractivity contribution in [2.75, 3.05) is 0 Å². The normalized spacial score (nSPS) is 15.4. The number of nitriles is 1. The Labute approximate surface area is 175 Å². The number of nitrogens with two attached hydrogens (primary N) is 1. The zero-order valence-corrected chi connectivity index (χ0v) is 16.6. The fourth-order valence-electron chi connectivity index (χ4n) is 3.55. The van der Waals surface area contributed by atoms with E-state index in [4.69, 9.17) is 26.5 Å². The number of hydrogen-bond acceptors (Lipinski definition) is 7. The molecule has 4 rings (SSSR count). The quantitative estimate of drug-likeness (QED) is 0.455. The van der Waals surface area contributed by atoms with Gasteiger partial charge in [-0.2, -0.15) is 5.26 Å². The molecule has 1 aliphatic rings. The Morgan fingerprint density at radius 1 is 1.40 bits per heavy atom. The Balaban J connectivity index is 1.86. The molecule has 152 valence electrons. The molecule has 0 spiro atoms. The van der Waals surface area contributed by atoms with Crippen LogP contribution in [-0.2, 0) is 6.42 Å². The van der Waals surface area contributed by atoms with E-state index in [1.165, 1.54) is 18.2 Å². The second-order valence-electron chi connectivity index (χ2n) is 6.72. The zero-order chi connectivity index (χ0) is 21.4. The van der Waals surface area contributed by atoms with Crippen molar-refractivity contribution in [3.05, 3.63) is 73.9 Å². The molecule has 9 nitrogen and oxygen atoms in total. The summed E-state index contributed by atoms with van der Waals surface area (Å²) in [5.41, 5.74) is 7.71. The van der Waals surface area contributed by atoms with Crippen LogP contribution in [-0.4, -0.2) is 15.1 Å². The van der Waals surface area contributed by atoms with Crippen LogP contribution in [0, 0.1) is 21.4 Å². The van der Waals surface area contributed by atoms with Crippen LogP contribution >= 0.6 is 11.6 Å². The summed E-state index contributed by atoms with van der Waals surface area (Å²) in [6.07, 6.45) is 1.54. The number of allylic oxidation sites excluding steroid dienone is 1. The molecule has 0 aliphatic carbocycles. The first kappa shape index (κ1) is 19.5. The molecule has 2 aromatic heterocycles. The number of nitro groups is 1. The number of ether oxygens (including phenoxy) is 1. The van der Waals surface area contributed by atoms with Gasteiger partial charge in [0.05, 0.1) is 22.0 Å². The summed E-state index contributed by atoms with van der Waals surface area (Å²) in [4.78, 5) is 10.9. The highest BCUT2D eigenvalue weighted by Gasteiger charge is 2.37. The van der Waals surface area contributed by atoms with Crippen LogP contribution in [0.1, 0.15) is 36.3 Å². The van der Waals surface area contributed by atoms with E-state index in [-0.39, 0.29) is 34.3 Å². The van der Waals surface area contributed by atoms with Crippen LogP contribution in [0.4, 0.5) is 5.69 Å². The molecule has 3 heterocycles. The monoisotopic (exact) mass is 425 g/mol. The molecule has 1 aromatic carbocycles. The molecule has 0 fully saturated rings. The third-order valence-electron chi connectivity index (χ3n) is 4.85. The van der Waals surface area contributed by atoms with Gasteiger partial charge in [0, 0.05) is 16.8 Å². The average molecular weight is 426 g/mol. The summed E-state index contributed by atoms with van der Waals surface area (Å²) in [6.45, 7) is 2.02. The molecule has 0 bridgehead atoms. The van der Waals surface area contributed by atoms with Crippen molar-refractivity contribution in [3.63, 3.8) is 0 Å². The van der Waals surface area contributed by atoms with E-state index in [1.54, 1.807) is 12.1 Å². The summed E-state index contributed by atoms with van der Waals surface area (Å²) >= 11 is 6.04. The molecule has 1 aliphatic heterocycles. The molecule has 0 saturated carbocycles. The number of benzene rings is 1. The number of rotatable bonds is 5.